The lowest BCUT2D eigenvalue weighted by Gasteiger charge is -2.10. The fourth-order valence-corrected chi connectivity index (χ4v) is 4.91. The van der Waals surface area contributed by atoms with Crippen molar-refractivity contribution in [3.63, 3.8) is 0 Å². The van der Waals surface area contributed by atoms with Gasteiger partial charge in [0.05, 0.1) is 10.8 Å². The highest BCUT2D eigenvalue weighted by Gasteiger charge is 2.19. The van der Waals surface area contributed by atoms with Gasteiger partial charge in [0.1, 0.15) is 5.82 Å². The Kier molecular flexibility index (Phi) is 7.32. The average molecular weight is 453 g/mol. The van der Waals surface area contributed by atoms with E-state index >= 15 is 0 Å². The predicted octanol–water partition coefficient (Wildman–Crippen LogP) is 5.81. The Morgan fingerprint density at radius 2 is 2.14 bits per heavy atom. The third-order valence-electron chi connectivity index (χ3n) is 4.40. The zero-order valence-electron chi connectivity index (χ0n) is 16.5. The SMILES string of the molecule is CCCn1c(SCC(=O)Nc2ccc(F)c(Cl)c2)nnc1-c1csc(C)c1CC. The second-order valence-corrected chi connectivity index (χ2v) is 8.89. The summed E-state index contributed by atoms with van der Waals surface area (Å²) in [5, 5.41) is 14.3. The molecule has 0 aliphatic heterocycles. The van der Waals surface area contributed by atoms with Gasteiger partial charge in [-0.05, 0) is 43.5 Å². The van der Waals surface area contributed by atoms with Crippen molar-refractivity contribution in [3.05, 3.63) is 44.9 Å². The summed E-state index contributed by atoms with van der Waals surface area (Å²) in [4.78, 5) is 13.6. The van der Waals surface area contributed by atoms with Crippen LogP contribution in [-0.2, 0) is 17.8 Å². The molecule has 3 rings (SSSR count). The molecule has 0 aliphatic rings. The van der Waals surface area contributed by atoms with Gasteiger partial charge in [0.15, 0.2) is 11.0 Å². The maximum Gasteiger partial charge on any atom is 0.234 e. The molecule has 2 heterocycles. The summed E-state index contributed by atoms with van der Waals surface area (Å²) in [5.74, 6) is 0.279. The number of aryl methyl sites for hydroxylation is 1. The fourth-order valence-electron chi connectivity index (χ4n) is 3.03. The molecule has 3 aromatic rings. The molecule has 154 valence electrons. The molecule has 0 unspecified atom stereocenters. The van der Waals surface area contributed by atoms with Gasteiger partial charge in [-0.2, -0.15) is 0 Å². The van der Waals surface area contributed by atoms with Crippen molar-refractivity contribution >= 4 is 46.3 Å². The molecule has 9 heteroatoms. The second-order valence-electron chi connectivity index (χ2n) is 6.46. The summed E-state index contributed by atoms with van der Waals surface area (Å²) in [6, 6.07) is 4.10. The molecule has 0 aliphatic carbocycles. The van der Waals surface area contributed by atoms with Gasteiger partial charge in [-0.3, -0.25) is 4.79 Å². The van der Waals surface area contributed by atoms with Crippen molar-refractivity contribution in [1.82, 2.24) is 14.8 Å². The molecule has 0 atom stereocenters. The normalized spacial score (nSPS) is 11.1. The molecule has 0 spiro atoms. The molecule has 1 aromatic carbocycles. The van der Waals surface area contributed by atoms with Crippen LogP contribution in [-0.4, -0.2) is 26.4 Å². The number of carbonyl (C=O) groups is 1. The Labute approximate surface area is 182 Å². The van der Waals surface area contributed by atoms with Gasteiger partial charge in [0, 0.05) is 28.1 Å². The van der Waals surface area contributed by atoms with Crippen LogP contribution in [0.5, 0.6) is 0 Å². The van der Waals surface area contributed by atoms with Gasteiger partial charge in [-0.25, -0.2) is 4.39 Å². The van der Waals surface area contributed by atoms with E-state index in [0.717, 1.165) is 30.8 Å². The number of hydrogen-bond donors (Lipinski definition) is 1. The molecule has 0 saturated carbocycles. The van der Waals surface area contributed by atoms with Crippen LogP contribution < -0.4 is 5.32 Å². The lowest BCUT2D eigenvalue weighted by atomic mass is 10.1. The standard InChI is InChI=1S/C20H22ClFN4OS2/c1-4-8-26-19(15-10-28-12(3)14(15)5-2)24-25-20(26)29-11-18(27)23-13-6-7-17(22)16(21)9-13/h6-7,9-10H,4-5,8,11H2,1-3H3,(H,23,27). The van der Waals surface area contributed by atoms with Gasteiger partial charge in [0.25, 0.3) is 0 Å². The molecule has 2 aromatic heterocycles. The minimum absolute atomic E-state index is 0.0273. The van der Waals surface area contributed by atoms with Gasteiger partial charge in [0.2, 0.25) is 5.91 Å². The highest BCUT2D eigenvalue weighted by Crippen LogP contribution is 2.32. The summed E-state index contributed by atoms with van der Waals surface area (Å²) < 4.78 is 15.3. The van der Waals surface area contributed by atoms with Crippen LogP contribution in [0.1, 0.15) is 30.7 Å². The number of halogens is 2. The van der Waals surface area contributed by atoms with Crippen molar-refractivity contribution in [1.29, 1.82) is 0 Å². The average Bonchev–Trinajstić information content (AvgIpc) is 3.26. The summed E-state index contributed by atoms with van der Waals surface area (Å²) in [6.07, 6.45) is 1.87. The topological polar surface area (TPSA) is 59.8 Å². The number of nitrogens with one attached hydrogen (secondary N) is 1. The zero-order chi connectivity index (χ0) is 21.0. The third kappa shape index (κ3) is 4.99. The maximum atomic E-state index is 13.3. The molecule has 0 fully saturated rings. The predicted molar refractivity (Wildman–Crippen MR) is 119 cm³/mol. The van der Waals surface area contributed by atoms with Crippen LogP contribution in [0.25, 0.3) is 11.4 Å². The summed E-state index contributed by atoms with van der Waals surface area (Å²) in [5.41, 5.74) is 2.87. The largest absolute Gasteiger partial charge is 0.325 e. The molecule has 0 radical (unpaired) electrons. The van der Waals surface area contributed by atoms with E-state index in [4.69, 9.17) is 11.6 Å². The lowest BCUT2D eigenvalue weighted by molar-refractivity contribution is -0.113. The monoisotopic (exact) mass is 452 g/mol. The smallest absolute Gasteiger partial charge is 0.234 e. The van der Waals surface area contributed by atoms with Gasteiger partial charge in [-0.15, -0.1) is 21.5 Å². The van der Waals surface area contributed by atoms with Crippen LogP contribution in [0, 0.1) is 12.7 Å². The van der Waals surface area contributed by atoms with Crippen LogP contribution in [0.4, 0.5) is 10.1 Å². The number of thioether (sulfide) groups is 1. The first-order valence-electron chi connectivity index (χ1n) is 9.32. The van der Waals surface area contributed by atoms with Crippen molar-refractivity contribution in [2.24, 2.45) is 0 Å². The van der Waals surface area contributed by atoms with E-state index in [0.29, 0.717) is 10.8 Å². The van der Waals surface area contributed by atoms with E-state index in [2.05, 4.69) is 46.2 Å². The van der Waals surface area contributed by atoms with Crippen LogP contribution in [0.3, 0.4) is 0 Å². The van der Waals surface area contributed by atoms with Gasteiger partial charge >= 0.3 is 0 Å². The number of carbonyl (C=O) groups excluding carboxylic acids is 1. The van der Waals surface area contributed by atoms with E-state index in [-0.39, 0.29) is 16.7 Å². The number of amides is 1. The number of hydrogen-bond acceptors (Lipinski definition) is 5. The van der Waals surface area contributed by atoms with E-state index < -0.39 is 5.82 Å². The number of aromatic nitrogens is 3. The minimum Gasteiger partial charge on any atom is -0.325 e. The fraction of sp³-hybridized carbons (Fsp3) is 0.350. The van der Waals surface area contributed by atoms with Crippen LogP contribution in [0.2, 0.25) is 5.02 Å². The van der Waals surface area contributed by atoms with Crippen molar-refractivity contribution in [2.45, 2.75) is 45.3 Å². The maximum absolute atomic E-state index is 13.3. The Bertz CT molecular complexity index is 1020. The third-order valence-corrected chi connectivity index (χ3v) is 6.61. The zero-order valence-corrected chi connectivity index (χ0v) is 18.8. The molecule has 0 bridgehead atoms. The first kappa shape index (κ1) is 21.8. The van der Waals surface area contributed by atoms with E-state index in [9.17, 15) is 9.18 Å². The molecule has 29 heavy (non-hydrogen) atoms. The van der Waals surface area contributed by atoms with Crippen molar-refractivity contribution < 1.29 is 9.18 Å². The summed E-state index contributed by atoms with van der Waals surface area (Å²) in [7, 11) is 0. The van der Waals surface area contributed by atoms with Crippen LogP contribution >= 0.6 is 34.7 Å². The highest BCUT2D eigenvalue weighted by molar-refractivity contribution is 7.99. The Morgan fingerprint density at radius 3 is 2.83 bits per heavy atom. The summed E-state index contributed by atoms with van der Waals surface area (Å²) >= 11 is 8.81. The number of rotatable bonds is 8. The Hall–Kier alpha value is -1.90. The number of nitrogens with zero attached hydrogens (tertiary/aromatic N) is 3. The molecule has 1 N–H and O–H groups in total. The molecular formula is C20H22ClFN4OS2. The molecule has 1 amide bonds. The van der Waals surface area contributed by atoms with Crippen molar-refractivity contribution in [3.8, 4) is 11.4 Å². The van der Waals surface area contributed by atoms with E-state index in [1.165, 1.54) is 40.4 Å². The minimum atomic E-state index is -0.519. The van der Waals surface area contributed by atoms with Crippen molar-refractivity contribution in [2.75, 3.05) is 11.1 Å². The first-order chi connectivity index (χ1) is 13.9. The van der Waals surface area contributed by atoms with E-state index in [1.807, 2.05) is 0 Å². The first-order valence-corrected chi connectivity index (χ1v) is 11.6. The Balaban J connectivity index is 1.74. The number of thiophene rings is 1. The highest BCUT2D eigenvalue weighted by atomic mass is 35.5. The quantitative estimate of drug-likeness (QED) is 0.438. The van der Waals surface area contributed by atoms with E-state index in [1.54, 1.807) is 11.3 Å². The number of anilines is 1. The molecular weight excluding hydrogens is 431 g/mol. The van der Waals surface area contributed by atoms with Gasteiger partial charge < -0.3 is 9.88 Å². The molecule has 0 saturated heterocycles. The van der Waals surface area contributed by atoms with Crippen LogP contribution in [0.15, 0.2) is 28.7 Å². The lowest BCUT2D eigenvalue weighted by Crippen LogP contribution is -2.14. The second kappa shape index (κ2) is 9.73. The van der Waals surface area contributed by atoms with Gasteiger partial charge in [-0.1, -0.05) is 37.2 Å². The number of benzene rings is 1. The summed E-state index contributed by atoms with van der Waals surface area (Å²) in [6.45, 7) is 7.14. The molecule has 5 nitrogen and oxygen atoms in total. The Morgan fingerprint density at radius 1 is 1.34 bits per heavy atom.